The van der Waals surface area contributed by atoms with Crippen LogP contribution in [0.3, 0.4) is 0 Å². The van der Waals surface area contributed by atoms with E-state index in [4.69, 9.17) is 39.8 Å². The molecule has 0 aliphatic heterocycles. The normalized spacial score (nSPS) is 14.7. The number of phenolic OH excluding ortho intramolecular Hbond substituents is 1. The average Bonchev–Trinajstić information content (AvgIpc) is 0.855. The lowest BCUT2D eigenvalue weighted by atomic mass is 10.00. The number of nitrogens with two attached hydrogens (primary N) is 6. The van der Waals surface area contributed by atoms with Crippen LogP contribution in [0.5, 0.6) is 5.75 Å². The molecule has 0 fully saturated rings. The number of aliphatic carboxylic acids is 5. The van der Waals surface area contributed by atoms with Crippen LogP contribution in [0.25, 0.3) is 0 Å². The van der Waals surface area contributed by atoms with Crippen LogP contribution in [0.4, 0.5) is 0 Å². The maximum Gasteiger partial charge on any atom is 0.328 e. The number of aliphatic hydroxyl groups is 3. The van der Waals surface area contributed by atoms with Crippen molar-refractivity contribution < 1.29 is 161 Å². The van der Waals surface area contributed by atoms with Gasteiger partial charge in [0.1, 0.15) is 108 Å². The molecule has 149 heavy (non-hydrogen) atoms. The van der Waals surface area contributed by atoms with E-state index in [0.29, 0.717) is 5.75 Å². The summed E-state index contributed by atoms with van der Waals surface area (Å²) in [7, 11) is 0. The second-order valence-corrected chi connectivity index (χ2v) is 37.3. The van der Waals surface area contributed by atoms with Crippen LogP contribution in [0.2, 0.25) is 0 Å². The highest BCUT2D eigenvalue weighted by molar-refractivity contribution is 7.98. The van der Waals surface area contributed by atoms with Crippen LogP contribution in [0, 0.1) is 23.2 Å². The molecular formula is C90H149N25O33S. The molecule has 1 aromatic carbocycles. The molecule has 0 unspecified atom stereocenters. The molecule has 0 aromatic heterocycles. The highest BCUT2D eigenvalue weighted by atomic mass is 32.2. The topological polar surface area (TPSA) is 988 Å². The van der Waals surface area contributed by atoms with Gasteiger partial charge in [0.15, 0.2) is 5.96 Å². The van der Waals surface area contributed by atoms with Crippen LogP contribution < -0.4 is 130 Å². The Morgan fingerprint density at radius 2 is 0.597 bits per heavy atom. The van der Waals surface area contributed by atoms with Gasteiger partial charge in [0.05, 0.1) is 38.7 Å². The molecule has 0 aliphatic carbocycles. The molecular weight excluding hydrogens is 1990 g/mol. The third kappa shape index (κ3) is 54.3. The molecule has 59 heteroatoms. The number of aromatic hydroxyl groups is 1. The summed E-state index contributed by atoms with van der Waals surface area (Å²) in [4.78, 5) is 325. The number of nitrogens with one attached hydrogen (secondary N) is 19. The largest absolute Gasteiger partial charge is 0.508 e. The van der Waals surface area contributed by atoms with Gasteiger partial charge in [0.2, 0.25) is 112 Å². The number of hydrogen-bond donors (Lipinski definition) is 34. The first-order valence-electron chi connectivity index (χ1n) is 48.1. The molecule has 1 aromatic rings. The number of carboxylic acid groups (broad SMARTS) is 5. The van der Waals surface area contributed by atoms with E-state index in [0.717, 1.165) is 6.92 Å². The van der Waals surface area contributed by atoms with E-state index in [9.17, 15) is 161 Å². The van der Waals surface area contributed by atoms with E-state index in [-0.39, 0.29) is 114 Å². The van der Waals surface area contributed by atoms with Crippen LogP contribution in [-0.4, -0.2) is 354 Å². The first kappa shape index (κ1) is 133. The van der Waals surface area contributed by atoms with Gasteiger partial charge in [-0.15, -0.1) is 0 Å². The number of carboxylic acids is 5. The predicted octanol–water partition coefficient (Wildman–Crippen LogP) is -10.8. The van der Waals surface area contributed by atoms with Gasteiger partial charge in [-0.3, -0.25) is 116 Å². The van der Waals surface area contributed by atoms with E-state index in [2.05, 4.69) is 85.1 Å². The summed E-state index contributed by atoms with van der Waals surface area (Å²) in [6, 6.07) is -27.0. The van der Waals surface area contributed by atoms with Gasteiger partial charge in [-0.2, -0.15) is 11.8 Å². The fourth-order valence-electron chi connectivity index (χ4n) is 14.2. The Hall–Kier alpha value is -14.3. The van der Waals surface area contributed by atoms with E-state index in [1.165, 1.54) is 36.0 Å². The van der Waals surface area contributed by atoms with Crippen LogP contribution in [0.15, 0.2) is 24.3 Å². The molecule has 18 atom stereocenters. The summed E-state index contributed by atoms with van der Waals surface area (Å²) >= 11 is 1.39. The zero-order valence-electron chi connectivity index (χ0n) is 84.3. The van der Waals surface area contributed by atoms with E-state index >= 15 is 0 Å². The Morgan fingerprint density at radius 3 is 0.919 bits per heavy atom. The van der Waals surface area contributed by atoms with Crippen molar-refractivity contribution in [3.63, 3.8) is 0 Å². The fourth-order valence-corrected chi connectivity index (χ4v) is 14.7. The summed E-state index contributed by atoms with van der Waals surface area (Å²) in [6.07, 6.45) is -7.01. The van der Waals surface area contributed by atoms with Gasteiger partial charge in [-0.25, -0.2) is 4.79 Å². The first-order chi connectivity index (χ1) is 69.9. The Labute approximate surface area is 862 Å². The molecule has 0 aliphatic rings. The van der Waals surface area contributed by atoms with E-state index < -0.39 is 359 Å². The van der Waals surface area contributed by atoms with Gasteiger partial charge in [-0.05, 0) is 170 Å². The number of hydrogen-bond acceptors (Lipinski definition) is 33. The van der Waals surface area contributed by atoms with Crippen LogP contribution >= 0.6 is 11.8 Å². The van der Waals surface area contributed by atoms with Gasteiger partial charge in [0.25, 0.3) is 0 Å². The number of carbonyl (C=O) groups is 24. The van der Waals surface area contributed by atoms with Crippen molar-refractivity contribution in [1.82, 2.24) is 95.7 Å². The van der Waals surface area contributed by atoms with Crippen molar-refractivity contribution in [1.29, 1.82) is 5.41 Å². The monoisotopic (exact) mass is 2140 g/mol. The minimum absolute atomic E-state index is 0.00229. The van der Waals surface area contributed by atoms with Crippen molar-refractivity contribution in [2.75, 3.05) is 51.5 Å². The summed E-state index contributed by atoms with van der Waals surface area (Å²) in [5.74, 6) is -32.2. The number of aliphatic hydroxyl groups excluding tert-OH is 3. The minimum atomic E-state index is -2.25. The standard InChI is InChI=1S/C90H149N25O33S/c1-43(2)34-57(108-76(134)52(16-13-32-98-90(96)97)101-78(136)54(22-26-68(122)123)100-73(131)49(93)29-33-149-8)81(139)102-50(14-9-11-30-91)74(132)99-46(7)72(130)107-61(38-67(95)121)85(143)112-62(39-71(128)129)86(144)114-64(41-117)88(146)110-58(35-44(3)4)82(140)103-51(15-10-12-31-92)75(133)109-59(36-45(5)6)83(141)113-63(40-116)87(145)106-53(21-25-66(94)120)77(135)104-55(23-27-69(124)125)79(137)111-60(37-47-17-19-48(119)20-18-47)84(142)105-56(24-28-70(126)127)80(138)115-65(42-118)89(147)148/h17-20,43-46,49-65,116-119H,9-16,21-42,91-93H2,1-8H3,(H2,94,120)(H2,95,121)(H,99,132)(H,100,131)(H,101,136)(H,102,139)(H,103,140)(H,104,135)(H,105,142)(H,106,145)(H,107,130)(H,108,134)(H,109,133)(H,110,146)(H,111,137)(H,112,143)(H,113,141)(H,114,144)(H,115,138)(H,122,123)(H,124,125)(H,126,127)(H,128,129)(H,147,148)(H4,96,97,98)/t46-,49-,50-,51-,52-,53-,54-,55-,56-,57-,58-,59-,60-,61-,62-,63-,64-,65-/m0/s1. The fraction of sp³-hybridized carbons (Fsp3) is 0.656. The number of carbonyl (C=O) groups excluding carboxylic acids is 19. The molecule has 0 spiro atoms. The number of phenols is 1. The summed E-state index contributed by atoms with van der Waals surface area (Å²) in [5, 5.41) is 138. The number of amides is 19. The second kappa shape index (κ2) is 70.5. The van der Waals surface area contributed by atoms with Crippen molar-refractivity contribution in [3.05, 3.63) is 29.8 Å². The number of benzene rings is 1. The Kier molecular flexibility index (Phi) is 62.8. The number of unbranched alkanes of at least 4 members (excludes halogenated alkanes) is 2. The average molecular weight is 2140 g/mol. The summed E-state index contributed by atoms with van der Waals surface area (Å²) in [6.45, 7) is 7.25. The Morgan fingerprint density at radius 1 is 0.315 bits per heavy atom. The van der Waals surface area contributed by atoms with Gasteiger partial charge >= 0.3 is 29.8 Å². The molecule has 0 saturated carbocycles. The Bertz CT molecular complexity index is 4690. The molecule has 40 N–H and O–H groups in total. The van der Waals surface area contributed by atoms with Crippen molar-refractivity contribution in [2.24, 2.45) is 52.2 Å². The highest BCUT2D eigenvalue weighted by Crippen LogP contribution is 2.19. The lowest BCUT2D eigenvalue weighted by Crippen LogP contribution is -2.62. The molecule has 1 rings (SSSR count). The maximum absolute atomic E-state index is 14.6. The first-order valence-corrected chi connectivity index (χ1v) is 49.5. The van der Waals surface area contributed by atoms with E-state index in [1.54, 1.807) is 47.8 Å². The van der Waals surface area contributed by atoms with Crippen molar-refractivity contribution in [3.8, 4) is 5.75 Å². The number of primary amides is 2. The number of thioether (sulfide) groups is 1. The molecule has 58 nitrogen and oxygen atoms in total. The van der Waals surface area contributed by atoms with Gasteiger partial charge in [-0.1, -0.05) is 53.7 Å². The zero-order valence-corrected chi connectivity index (χ0v) is 85.2. The van der Waals surface area contributed by atoms with Gasteiger partial charge in [0, 0.05) is 38.6 Å². The minimum Gasteiger partial charge on any atom is -0.508 e. The third-order valence-electron chi connectivity index (χ3n) is 22.2. The predicted molar refractivity (Wildman–Crippen MR) is 529 cm³/mol. The second-order valence-electron chi connectivity index (χ2n) is 36.4. The van der Waals surface area contributed by atoms with Crippen LogP contribution in [0.1, 0.15) is 195 Å². The molecule has 19 amide bonds. The Balaban J connectivity index is 3.70. The molecule has 838 valence electrons. The number of guanidine groups is 1. The smallest absolute Gasteiger partial charge is 0.328 e. The maximum atomic E-state index is 14.6. The lowest BCUT2D eigenvalue weighted by molar-refractivity contribution is -0.144. The molecule has 0 saturated heterocycles. The summed E-state index contributed by atoms with van der Waals surface area (Å²) < 4.78 is 0. The summed E-state index contributed by atoms with van der Waals surface area (Å²) in [5.41, 5.74) is 34.1. The lowest BCUT2D eigenvalue weighted by Gasteiger charge is -2.29. The quantitative estimate of drug-likeness (QED) is 0.0164. The van der Waals surface area contributed by atoms with Crippen molar-refractivity contribution >= 4 is 160 Å². The molecule has 0 heterocycles. The van der Waals surface area contributed by atoms with Crippen molar-refractivity contribution in [2.45, 2.75) is 305 Å². The molecule has 0 bridgehead atoms. The zero-order chi connectivity index (χ0) is 113. The molecule has 0 radical (unpaired) electrons. The number of rotatable bonds is 77. The van der Waals surface area contributed by atoms with Gasteiger partial charge < -0.3 is 176 Å². The van der Waals surface area contributed by atoms with Crippen LogP contribution in [-0.2, 0) is 121 Å². The highest BCUT2D eigenvalue weighted by Gasteiger charge is 2.41. The third-order valence-corrected chi connectivity index (χ3v) is 22.8. The van der Waals surface area contributed by atoms with E-state index in [1.807, 2.05) is 10.6 Å². The SMILES string of the molecule is CSCC[C@H](N)C(=O)N[C@@H](CCC(=O)O)C(=O)N[C@@H](CCCNC(=N)N)C(=O)N[C@@H](CC(C)C)C(=O)N[C@@H](CCCCN)C(=O)N[C@@H](C)C(=O)N[C@@H](CC(N)=O)C(=O)N[C@@H](CC(=O)O)C(=O)N[C@@H](CO)C(=O)N[C@@H](CC(C)C)C(=O)N[C@@H](CCCCN)C(=O)N[C@@H](CC(C)C)C(=O)N[C@@H](CO)C(=O)N[C@@H](CCC(N)=O)C(=O)N[C@@H](CCC(=O)O)C(=O)N[C@@H](Cc1ccc(O)cc1)C(=O)N[C@@H](CCC(=O)O)C(=O)N[C@@H](CO)C(=O)O.